The summed E-state index contributed by atoms with van der Waals surface area (Å²) in [5, 5.41) is 11.6. The van der Waals surface area contributed by atoms with E-state index in [1.165, 1.54) is 12.1 Å². The number of nitrogens with zero attached hydrogens (tertiary/aromatic N) is 1. The van der Waals surface area contributed by atoms with E-state index in [1.807, 2.05) is 37.3 Å². The summed E-state index contributed by atoms with van der Waals surface area (Å²) in [5.74, 6) is -0.506. The predicted octanol–water partition coefficient (Wildman–Crippen LogP) is 4.44. The summed E-state index contributed by atoms with van der Waals surface area (Å²) in [5.41, 5.74) is -0.670. The zero-order valence-electron chi connectivity index (χ0n) is 14.7. The van der Waals surface area contributed by atoms with E-state index in [2.05, 4.69) is 5.32 Å². The van der Waals surface area contributed by atoms with Gasteiger partial charge in [0.1, 0.15) is 5.75 Å². The first-order valence-corrected chi connectivity index (χ1v) is 8.44. The van der Waals surface area contributed by atoms with Crippen LogP contribution < -0.4 is 10.1 Å². The zero-order chi connectivity index (χ0) is 19.9. The summed E-state index contributed by atoms with van der Waals surface area (Å²) in [6.45, 7) is 2.14. The Morgan fingerprint density at radius 3 is 2.52 bits per heavy atom. The minimum atomic E-state index is -4.68. The van der Waals surface area contributed by atoms with Gasteiger partial charge in [0.2, 0.25) is 0 Å². The van der Waals surface area contributed by atoms with E-state index in [1.54, 1.807) is 0 Å². The Bertz CT molecular complexity index is 814. The van der Waals surface area contributed by atoms with Crippen molar-refractivity contribution in [1.82, 2.24) is 5.32 Å². The van der Waals surface area contributed by atoms with Gasteiger partial charge in [0.25, 0.3) is 5.91 Å². The smallest absolute Gasteiger partial charge is 0.417 e. The highest BCUT2D eigenvalue weighted by Crippen LogP contribution is 2.34. The summed E-state index contributed by atoms with van der Waals surface area (Å²) in [4.78, 5) is 12.4. The Hall–Kier alpha value is -3.01. The molecule has 4 nitrogen and oxygen atoms in total. The number of ether oxygens (including phenoxy) is 1. The highest BCUT2D eigenvalue weighted by atomic mass is 19.4. The van der Waals surface area contributed by atoms with Gasteiger partial charge in [0.05, 0.1) is 17.2 Å². The van der Waals surface area contributed by atoms with Gasteiger partial charge in [-0.25, -0.2) is 0 Å². The molecule has 2 rings (SSSR count). The number of rotatable bonds is 7. The zero-order valence-corrected chi connectivity index (χ0v) is 14.7. The van der Waals surface area contributed by atoms with Gasteiger partial charge in [0, 0.05) is 6.54 Å². The molecule has 0 fully saturated rings. The molecule has 0 aromatic heterocycles. The molecule has 2 aromatic carbocycles. The fraction of sp³-hybridized carbons (Fsp3) is 0.300. The number of benzene rings is 2. The number of carbonyl (C=O) groups is 1. The Balaban J connectivity index is 2.13. The third-order valence-corrected chi connectivity index (χ3v) is 3.85. The standard InChI is InChI=1S/C20H19F3N2O2/c1-2-6-18(19(26)25-13-14-7-4-3-5-8-14)27-16-10-9-15(12-24)17(11-16)20(21,22)23/h3-5,7-11,18H,2,6,13H2,1H3,(H,25,26). The summed E-state index contributed by atoms with van der Waals surface area (Å²) < 4.78 is 44.8. The van der Waals surface area contributed by atoms with E-state index in [0.29, 0.717) is 19.4 Å². The lowest BCUT2D eigenvalue weighted by atomic mass is 10.1. The van der Waals surface area contributed by atoms with Crippen molar-refractivity contribution in [2.45, 2.75) is 38.6 Å². The summed E-state index contributed by atoms with van der Waals surface area (Å²) in [6, 6.07) is 13.8. The molecule has 0 heterocycles. The molecule has 0 bridgehead atoms. The molecule has 1 unspecified atom stereocenters. The van der Waals surface area contributed by atoms with Gasteiger partial charge in [-0.15, -0.1) is 0 Å². The number of halogens is 3. The van der Waals surface area contributed by atoms with E-state index in [9.17, 15) is 18.0 Å². The molecule has 1 N–H and O–H groups in total. The van der Waals surface area contributed by atoms with Gasteiger partial charge in [-0.1, -0.05) is 43.7 Å². The molecule has 0 spiro atoms. The summed E-state index contributed by atoms with van der Waals surface area (Å²) in [6.07, 6.45) is -4.64. The third kappa shape index (κ3) is 5.74. The number of nitrogens with one attached hydrogen (secondary N) is 1. The van der Waals surface area contributed by atoms with Crippen molar-refractivity contribution in [2.75, 3.05) is 0 Å². The van der Waals surface area contributed by atoms with E-state index < -0.39 is 29.3 Å². The van der Waals surface area contributed by atoms with Crippen LogP contribution in [0.15, 0.2) is 48.5 Å². The molecule has 2 aromatic rings. The van der Waals surface area contributed by atoms with Gasteiger partial charge in [-0.2, -0.15) is 18.4 Å². The van der Waals surface area contributed by atoms with Crippen LogP contribution in [0.1, 0.15) is 36.5 Å². The SMILES string of the molecule is CCCC(Oc1ccc(C#N)c(C(F)(F)F)c1)C(=O)NCc1ccccc1. The van der Waals surface area contributed by atoms with Crippen LogP contribution in [-0.4, -0.2) is 12.0 Å². The van der Waals surface area contributed by atoms with E-state index >= 15 is 0 Å². The average Bonchev–Trinajstić information content (AvgIpc) is 2.66. The second-order valence-corrected chi connectivity index (χ2v) is 5.92. The molecule has 0 saturated carbocycles. The van der Waals surface area contributed by atoms with Crippen LogP contribution in [0.5, 0.6) is 5.75 Å². The normalized spacial score (nSPS) is 12.1. The maximum atomic E-state index is 13.1. The van der Waals surface area contributed by atoms with E-state index in [4.69, 9.17) is 10.00 Å². The summed E-state index contributed by atoms with van der Waals surface area (Å²) >= 11 is 0. The molecule has 0 aliphatic carbocycles. The van der Waals surface area contributed by atoms with Gasteiger partial charge in [0.15, 0.2) is 6.10 Å². The van der Waals surface area contributed by atoms with Gasteiger partial charge in [-0.05, 0) is 30.2 Å². The van der Waals surface area contributed by atoms with Crippen molar-refractivity contribution >= 4 is 5.91 Å². The van der Waals surface area contributed by atoms with Crippen molar-refractivity contribution in [1.29, 1.82) is 5.26 Å². The number of hydrogen-bond donors (Lipinski definition) is 1. The van der Waals surface area contributed by atoms with E-state index in [0.717, 1.165) is 17.7 Å². The quantitative estimate of drug-likeness (QED) is 0.777. The van der Waals surface area contributed by atoms with Crippen LogP contribution in [0.2, 0.25) is 0 Å². The second-order valence-electron chi connectivity index (χ2n) is 5.92. The highest BCUT2D eigenvalue weighted by molar-refractivity contribution is 5.81. The molecule has 0 saturated heterocycles. The minimum Gasteiger partial charge on any atom is -0.481 e. The van der Waals surface area contributed by atoms with Crippen molar-refractivity contribution < 1.29 is 22.7 Å². The van der Waals surface area contributed by atoms with Gasteiger partial charge < -0.3 is 10.1 Å². The Morgan fingerprint density at radius 1 is 1.22 bits per heavy atom. The van der Waals surface area contributed by atoms with Crippen LogP contribution in [0.4, 0.5) is 13.2 Å². The highest BCUT2D eigenvalue weighted by Gasteiger charge is 2.34. The largest absolute Gasteiger partial charge is 0.481 e. The molecule has 27 heavy (non-hydrogen) atoms. The lowest BCUT2D eigenvalue weighted by Gasteiger charge is -2.19. The van der Waals surface area contributed by atoms with E-state index in [-0.39, 0.29) is 5.75 Å². The molecule has 0 aliphatic rings. The van der Waals surface area contributed by atoms with Gasteiger partial charge >= 0.3 is 6.18 Å². The number of carbonyl (C=O) groups excluding carboxylic acids is 1. The van der Waals surface area contributed by atoms with Crippen molar-refractivity contribution in [3.05, 3.63) is 65.2 Å². The van der Waals surface area contributed by atoms with Crippen molar-refractivity contribution in [2.24, 2.45) is 0 Å². The fourth-order valence-corrected chi connectivity index (χ4v) is 2.50. The van der Waals surface area contributed by atoms with Crippen LogP contribution in [0, 0.1) is 11.3 Å². The van der Waals surface area contributed by atoms with Crippen LogP contribution in [-0.2, 0) is 17.5 Å². The Kier molecular flexibility index (Phi) is 6.83. The fourth-order valence-electron chi connectivity index (χ4n) is 2.50. The number of amides is 1. The first kappa shape index (κ1) is 20.3. The monoisotopic (exact) mass is 376 g/mol. The molecule has 7 heteroatoms. The van der Waals surface area contributed by atoms with Crippen LogP contribution >= 0.6 is 0 Å². The topological polar surface area (TPSA) is 62.1 Å². The molecule has 1 amide bonds. The van der Waals surface area contributed by atoms with Crippen molar-refractivity contribution in [3.63, 3.8) is 0 Å². The average molecular weight is 376 g/mol. The molecule has 142 valence electrons. The maximum absolute atomic E-state index is 13.1. The summed E-state index contributed by atoms with van der Waals surface area (Å²) in [7, 11) is 0. The lowest BCUT2D eigenvalue weighted by Crippen LogP contribution is -2.38. The second kappa shape index (κ2) is 9.08. The molecule has 0 aliphatic heterocycles. The van der Waals surface area contributed by atoms with Crippen LogP contribution in [0.3, 0.4) is 0 Å². The molecule has 1 atom stereocenters. The first-order chi connectivity index (χ1) is 12.8. The first-order valence-electron chi connectivity index (χ1n) is 8.44. The number of hydrogen-bond acceptors (Lipinski definition) is 3. The van der Waals surface area contributed by atoms with Gasteiger partial charge in [-0.3, -0.25) is 4.79 Å². The molecular formula is C20H19F3N2O2. The predicted molar refractivity (Wildman–Crippen MR) is 93.8 cm³/mol. The Morgan fingerprint density at radius 2 is 1.93 bits per heavy atom. The maximum Gasteiger partial charge on any atom is 0.417 e. The molecular weight excluding hydrogens is 357 g/mol. The number of nitriles is 1. The lowest BCUT2D eigenvalue weighted by molar-refractivity contribution is -0.137. The Labute approximate surface area is 155 Å². The number of alkyl halides is 3. The van der Waals surface area contributed by atoms with Crippen LogP contribution in [0.25, 0.3) is 0 Å². The van der Waals surface area contributed by atoms with Crippen molar-refractivity contribution in [3.8, 4) is 11.8 Å². The third-order valence-electron chi connectivity index (χ3n) is 3.85. The minimum absolute atomic E-state index is 0.102. The molecule has 0 radical (unpaired) electrons.